The summed E-state index contributed by atoms with van der Waals surface area (Å²) < 4.78 is 27.9. The number of para-hydroxylation sites is 1. The number of nitrogens with one attached hydrogen (secondary N) is 2. The quantitative estimate of drug-likeness (QED) is 0.466. The Morgan fingerprint density at radius 1 is 1.00 bits per heavy atom. The topological polar surface area (TPSA) is 60.9 Å². The van der Waals surface area contributed by atoms with Crippen LogP contribution in [0.4, 0.5) is 14.5 Å². The number of phenolic OH excluding ortho intramolecular Hbond substituents is 1. The Hall–Kier alpha value is -3.41. The summed E-state index contributed by atoms with van der Waals surface area (Å²) in [5.41, 5.74) is 4.77. The van der Waals surface area contributed by atoms with Gasteiger partial charge in [-0.15, -0.1) is 0 Å². The monoisotopic (exact) mass is 349 g/mol. The molecule has 5 rings (SSSR count). The van der Waals surface area contributed by atoms with Gasteiger partial charge < -0.3 is 15.4 Å². The molecule has 1 atom stereocenters. The molecule has 3 heterocycles. The molecule has 26 heavy (non-hydrogen) atoms. The second kappa shape index (κ2) is 5.29. The number of nitrogens with zero attached hydrogens (tertiary/aromatic N) is 1. The van der Waals surface area contributed by atoms with Crippen LogP contribution >= 0.6 is 0 Å². The minimum atomic E-state index is -0.988. The third-order valence-corrected chi connectivity index (χ3v) is 4.80. The maximum atomic E-state index is 14.0. The second-order valence-corrected chi connectivity index (χ2v) is 6.28. The highest BCUT2D eigenvalue weighted by atomic mass is 19.1. The van der Waals surface area contributed by atoms with E-state index in [1.54, 1.807) is 12.4 Å². The van der Waals surface area contributed by atoms with Gasteiger partial charge in [0.15, 0.2) is 17.4 Å². The van der Waals surface area contributed by atoms with Crippen molar-refractivity contribution in [3.63, 3.8) is 0 Å². The smallest absolute Gasteiger partial charge is 0.187 e. The first-order valence-electron chi connectivity index (χ1n) is 8.13. The van der Waals surface area contributed by atoms with E-state index in [9.17, 15) is 13.9 Å². The van der Waals surface area contributed by atoms with Crippen LogP contribution in [-0.4, -0.2) is 15.1 Å². The van der Waals surface area contributed by atoms with Crippen molar-refractivity contribution in [3.8, 4) is 16.9 Å². The maximum Gasteiger partial charge on any atom is 0.187 e. The summed E-state index contributed by atoms with van der Waals surface area (Å²) in [6.07, 6.45) is 3.53. The van der Waals surface area contributed by atoms with Gasteiger partial charge in [0.2, 0.25) is 0 Å². The Kier molecular flexibility index (Phi) is 3.03. The fourth-order valence-corrected chi connectivity index (χ4v) is 3.63. The molecule has 128 valence electrons. The summed E-state index contributed by atoms with van der Waals surface area (Å²) in [5, 5.41) is 13.7. The van der Waals surface area contributed by atoms with E-state index in [1.165, 1.54) is 0 Å². The first-order valence-corrected chi connectivity index (χ1v) is 8.13. The molecule has 0 amide bonds. The van der Waals surface area contributed by atoms with Gasteiger partial charge in [0, 0.05) is 34.6 Å². The number of anilines is 1. The third-order valence-electron chi connectivity index (χ3n) is 4.80. The second-order valence-electron chi connectivity index (χ2n) is 6.28. The zero-order valence-corrected chi connectivity index (χ0v) is 13.4. The molecule has 2 aromatic carbocycles. The normalized spacial score (nSPS) is 15.4. The summed E-state index contributed by atoms with van der Waals surface area (Å²) in [6.45, 7) is 0. The van der Waals surface area contributed by atoms with Gasteiger partial charge in [-0.2, -0.15) is 0 Å². The number of hydrogen-bond acceptors (Lipinski definition) is 3. The maximum absolute atomic E-state index is 14.0. The number of H-pyrrole nitrogens is 1. The molecule has 0 aliphatic carbocycles. The number of aromatic amines is 1. The Balaban J connectivity index is 1.83. The number of hydrogen-bond donors (Lipinski definition) is 3. The summed E-state index contributed by atoms with van der Waals surface area (Å²) in [7, 11) is 0. The Labute approximate surface area is 147 Å². The van der Waals surface area contributed by atoms with E-state index in [0.29, 0.717) is 11.2 Å². The summed E-state index contributed by atoms with van der Waals surface area (Å²) in [6, 6.07) is 11.5. The number of fused-ring (bicyclic) bond motifs is 2. The van der Waals surface area contributed by atoms with Gasteiger partial charge in [-0.25, -0.2) is 13.8 Å². The predicted molar refractivity (Wildman–Crippen MR) is 95.0 cm³/mol. The van der Waals surface area contributed by atoms with Crippen LogP contribution in [0.3, 0.4) is 0 Å². The number of pyridine rings is 1. The Bertz CT molecular complexity index is 1150. The zero-order valence-electron chi connectivity index (χ0n) is 13.4. The number of aromatic hydroxyl groups is 1. The number of halogens is 2. The summed E-state index contributed by atoms with van der Waals surface area (Å²) >= 11 is 0. The number of phenols is 1. The van der Waals surface area contributed by atoms with Crippen LogP contribution in [0.1, 0.15) is 17.2 Å². The minimum Gasteiger partial charge on any atom is -0.503 e. The first-order chi connectivity index (χ1) is 12.6. The zero-order chi connectivity index (χ0) is 17.8. The van der Waals surface area contributed by atoms with Gasteiger partial charge >= 0.3 is 0 Å². The third kappa shape index (κ3) is 2.02. The van der Waals surface area contributed by atoms with Crippen LogP contribution in [0.2, 0.25) is 0 Å². The fraction of sp³-hybridized carbons (Fsp3) is 0.0500. The molecule has 3 N–H and O–H groups in total. The molecule has 1 aliphatic rings. The standard InChI is InChI=1S/C20H13F2N3O/c21-14-7-10(8-15(22)19(14)26)18-13-9-24-20-17(13)12(5-6-23-20)11-3-1-2-4-16(11)25-18/h1-9,18,25-26H,(H,23,24). The molecule has 0 saturated heterocycles. The Morgan fingerprint density at radius 3 is 2.58 bits per heavy atom. The van der Waals surface area contributed by atoms with Crippen molar-refractivity contribution < 1.29 is 13.9 Å². The number of benzene rings is 2. The van der Waals surface area contributed by atoms with Crippen LogP contribution in [-0.2, 0) is 0 Å². The molecule has 0 radical (unpaired) electrons. The van der Waals surface area contributed by atoms with E-state index < -0.39 is 23.4 Å². The average Bonchev–Trinajstić information content (AvgIpc) is 3.01. The highest BCUT2D eigenvalue weighted by Crippen LogP contribution is 2.43. The van der Waals surface area contributed by atoms with Gasteiger partial charge in [0.1, 0.15) is 5.65 Å². The van der Waals surface area contributed by atoms with Crippen LogP contribution < -0.4 is 5.32 Å². The molecule has 0 bridgehead atoms. The highest BCUT2D eigenvalue weighted by Gasteiger charge is 2.27. The van der Waals surface area contributed by atoms with Crippen molar-refractivity contribution in [1.82, 2.24) is 9.97 Å². The van der Waals surface area contributed by atoms with Crippen LogP contribution in [0.25, 0.3) is 22.2 Å². The predicted octanol–water partition coefficient (Wildman–Crippen LogP) is 4.73. The van der Waals surface area contributed by atoms with E-state index in [1.807, 2.05) is 30.3 Å². The molecule has 4 aromatic rings. The van der Waals surface area contributed by atoms with E-state index in [-0.39, 0.29) is 0 Å². The first kappa shape index (κ1) is 14.9. The van der Waals surface area contributed by atoms with Crippen LogP contribution in [0, 0.1) is 11.6 Å². The molecular formula is C20H13F2N3O. The Morgan fingerprint density at radius 2 is 1.77 bits per heavy atom. The molecule has 4 nitrogen and oxygen atoms in total. The van der Waals surface area contributed by atoms with Gasteiger partial charge in [0.25, 0.3) is 0 Å². The van der Waals surface area contributed by atoms with E-state index in [0.717, 1.165) is 39.9 Å². The molecule has 0 saturated carbocycles. The average molecular weight is 349 g/mol. The molecule has 2 aromatic heterocycles. The highest BCUT2D eigenvalue weighted by molar-refractivity contribution is 6.01. The lowest BCUT2D eigenvalue weighted by atomic mass is 9.96. The van der Waals surface area contributed by atoms with Crippen molar-refractivity contribution in [2.24, 2.45) is 0 Å². The fourth-order valence-electron chi connectivity index (χ4n) is 3.63. The minimum absolute atomic E-state index is 0.380. The largest absolute Gasteiger partial charge is 0.503 e. The van der Waals surface area contributed by atoms with Crippen molar-refractivity contribution in [2.45, 2.75) is 6.04 Å². The van der Waals surface area contributed by atoms with Crippen LogP contribution in [0.15, 0.2) is 54.9 Å². The van der Waals surface area contributed by atoms with Gasteiger partial charge in [-0.05, 0) is 35.4 Å². The SMILES string of the molecule is Oc1c(F)cc(C2Nc3ccccc3-c3ccnc4[nH]cc2c34)cc1F. The van der Waals surface area contributed by atoms with Crippen molar-refractivity contribution >= 4 is 16.7 Å². The number of aromatic nitrogens is 2. The van der Waals surface area contributed by atoms with Gasteiger partial charge in [-0.3, -0.25) is 0 Å². The molecule has 1 aliphatic heterocycles. The van der Waals surface area contributed by atoms with Crippen LogP contribution in [0.5, 0.6) is 5.75 Å². The lowest BCUT2D eigenvalue weighted by Crippen LogP contribution is -2.12. The van der Waals surface area contributed by atoms with Crippen molar-refractivity contribution in [1.29, 1.82) is 0 Å². The molecule has 0 fully saturated rings. The molecule has 1 unspecified atom stereocenters. The van der Waals surface area contributed by atoms with E-state index in [2.05, 4.69) is 15.3 Å². The van der Waals surface area contributed by atoms with E-state index in [4.69, 9.17) is 0 Å². The van der Waals surface area contributed by atoms with Crippen molar-refractivity contribution in [3.05, 3.63) is 77.6 Å². The number of rotatable bonds is 1. The lowest BCUT2D eigenvalue weighted by molar-refractivity contribution is 0.395. The summed E-state index contributed by atoms with van der Waals surface area (Å²) in [5.74, 6) is -2.95. The lowest BCUT2D eigenvalue weighted by Gasteiger charge is -2.20. The molecular weight excluding hydrogens is 336 g/mol. The molecule has 6 heteroatoms. The van der Waals surface area contributed by atoms with E-state index >= 15 is 0 Å². The summed E-state index contributed by atoms with van der Waals surface area (Å²) in [4.78, 5) is 7.50. The van der Waals surface area contributed by atoms with Crippen molar-refractivity contribution in [2.75, 3.05) is 5.32 Å². The van der Waals surface area contributed by atoms with Gasteiger partial charge in [0.05, 0.1) is 6.04 Å². The van der Waals surface area contributed by atoms with Gasteiger partial charge in [-0.1, -0.05) is 18.2 Å². The molecule has 0 spiro atoms.